The van der Waals surface area contributed by atoms with Crippen LogP contribution in [-0.4, -0.2) is 39.9 Å². The van der Waals surface area contributed by atoms with Gasteiger partial charge in [0, 0.05) is 18.7 Å². The number of fused-ring (bicyclic) bond motifs is 1. The third-order valence-electron chi connectivity index (χ3n) is 4.86. The quantitative estimate of drug-likeness (QED) is 0.786. The molecular weight excluding hydrogens is 284 g/mol. The zero-order valence-electron chi connectivity index (χ0n) is 13.5. The Labute approximate surface area is 132 Å². The minimum absolute atomic E-state index is 0.0384. The molecule has 0 bridgehead atoms. The van der Waals surface area contributed by atoms with Crippen LogP contribution < -0.4 is 5.32 Å². The zero-order chi connectivity index (χ0) is 15.5. The molecule has 2 saturated heterocycles. The molecule has 0 aromatic carbocycles. The van der Waals surface area contributed by atoms with Gasteiger partial charge in [0.05, 0.1) is 4.87 Å². The molecule has 2 fully saturated rings. The number of nitrogens with one attached hydrogen (secondary N) is 1. The van der Waals surface area contributed by atoms with Crippen molar-refractivity contribution in [1.82, 2.24) is 10.2 Å². The summed E-state index contributed by atoms with van der Waals surface area (Å²) >= 11 is 1.75. The van der Waals surface area contributed by atoms with E-state index < -0.39 is 0 Å². The maximum absolute atomic E-state index is 12.5. The number of amides is 2. The molecule has 4 nitrogen and oxygen atoms in total. The first-order valence-corrected chi connectivity index (χ1v) is 9.24. The summed E-state index contributed by atoms with van der Waals surface area (Å²) in [7, 11) is 0. The maximum Gasteiger partial charge on any atom is 0.243 e. The van der Waals surface area contributed by atoms with Gasteiger partial charge in [-0.25, -0.2) is 0 Å². The second kappa shape index (κ2) is 7.03. The van der Waals surface area contributed by atoms with E-state index in [1.165, 1.54) is 19.3 Å². The first-order valence-electron chi connectivity index (χ1n) is 8.25. The van der Waals surface area contributed by atoms with Crippen molar-refractivity contribution in [1.29, 1.82) is 0 Å². The summed E-state index contributed by atoms with van der Waals surface area (Å²) in [6, 6.07) is -0.265. The van der Waals surface area contributed by atoms with Crippen LogP contribution in [0.4, 0.5) is 0 Å². The number of thioether (sulfide) groups is 1. The highest BCUT2D eigenvalue weighted by Crippen LogP contribution is 2.47. The van der Waals surface area contributed by atoms with E-state index >= 15 is 0 Å². The SMILES string of the molecule is CCCCC(CC)CNC(=O)C1CSC2(C)CCC(=O)N12. The van der Waals surface area contributed by atoms with Crippen LogP contribution in [0.3, 0.4) is 0 Å². The number of hydrogen-bond donors (Lipinski definition) is 1. The Hall–Kier alpha value is -0.710. The molecule has 0 aromatic heterocycles. The van der Waals surface area contributed by atoms with Crippen LogP contribution in [0.15, 0.2) is 0 Å². The summed E-state index contributed by atoms with van der Waals surface area (Å²) in [4.78, 5) is 26.2. The summed E-state index contributed by atoms with van der Waals surface area (Å²) in [6.45, 7) is 7.21. The molecule has 0 aliphatic carbocycles. The van der Waals surface area contributed by atoms with Crippen molar-refractivity contribution in [2.45, 2.75) is 70.2 Å². The lowest BCUT2D eigenvalue weighted by Gasteiger charge is -2.30. The molecule has 1 N–H and O–H groups in total. The molecule has 3 unspecified atom stereocenters. The van der Waals surface area contributed by atoms with Crippen LogP contribution in [0.2, 0.25) is 0 Å². The van der Waals surface area contributed by atoms with Gasteiger partial charge in [0.2, 0.25) is 11.8 Å². The predicted molar refractivity (Wildman–Crippen MR) is 87.0 cm³/mol. The van der Waals surface area contributed by atoms with E-state index in [1.54, 1.807) is 11.8 Å². The Balaban J connectivity index is 1.87. The molecule has 0 saturated carbocycles. The molecule has 2 rings (SSSR count). The van der Waals surface area contributed by atoms with Gasteiger partial charge >= 0.3 is 0 Å². The van der Waals surface area contributed by atoms with E-state index in [-0.39, 0.29) is 22.7 Å². The number of nitrogens with zero attached hydrogens (tertiary/aromatic N) is 1. The summed E-state index contributed by atoms with van der Waals surface area (Å²) in [5.74, 6) is 1.47. The molecule has 3 atom stereocenters. The fraction of sp³-hybridized carbons (Fsp3) is 0.875. The predicted octanol–water partition coefficient (Wildman–Crippen LogP) is 2.77. The second-order valence-corrected chi connectivity index (χ2v) is 7.93. The van der Waals surface area contributed by atoms with Crippen molar-refractivity contribution in [3.63, 3.8) is 0 Å². The lowest BCUT2D eigenvalue weighted by atomic mass is 9.99. The first kappa shape index (κ1) is 16.7. The largest absolute Gasteiger partial charge is 0.354 e. The fourth-order valence-corrected chi connectivity index (χ4v) is 4.75. The smallest absolute Gasteiger partial charge is 0.243 e. The van der Waals surface area contributed by atoms with Gasteiger partial charge < -0.3 is 10.2 Å². The summed E-state index contributed by atoms with van der Waals surface area (Å²) < 4.78 is 0. The second-order valence-electron chi connectivity index (χ2n) is 6.43. The van der Waals surface area contributed by atoms with Crippen LogP contribution >= 0.6 is 11.8 Å². The van der Waals surface area contributed by atoms with Crippen molar-refractivity contribution < 1.29 is 9.59 Å². The summed E-state index contributed by atoms with van der Waals surface area (Å²) in [5.41, 5.74) is 0. The number of hydrogen-bond acceptors (Lipinski definition) is 3. The molecule has 0 aromatic rings. The molecule has 0 spiro atoms. The third-order valence-corrected chi connectivity index (χ3v) is 6.36. The van der Waals surface area contributed by atoms with Crippen molar-refractivity contribution in [2.24, 2.45) is 5.92 Å². The van der Waals surface area contributed by atoms with Crippen molar-refractivity contribution >= 4 is 23.6 Å². The van der Waals surface area contributed by atoms with Gasteiger partial charge in [-0.15, -0.1) is 11.8 Å². The zero-order valence-corrected chi connectivity index (χ0v) is 14.3. The van der Waals surface area contributed by atoms with E-state index in [1.807, 2.05) is 4.90 Å². The Bertz CT molecular complexity index is 402. The molecular formula is C16H28N2O2S. The minimum Gasteiger partial charge on any atom is -0.354 e. The van der Waals surface area contributed by atoms with Crippen LogP contribution in [0.25, 0.3) is 0 Å². The average molecular weight is 312 g/mol. The number of rotatable bonds is 7. The Morgan fingerprint density at radius 1 is 1.52 bits per heavy atom. The number of unbranched alkanes of at least 4 members (excludes halogenated alkanes) is 1. The van der Waals surface area contributed by atoms with E-state index in [4.69, 9.17) is 0 Å². The van der Waals surface area contributed by atoms with E-state index in [9.17, 15) is 9.59 Å². The van der Waals surface area contributed by atoms with Crippen LogP contribution in [0, 0.1) is 5.92 Å². The lowest BCUT2D eigenvalue weighted by molar-refractivity contribution is -0.138. The van der Waals surface area contributed by atoms with Gasteiger partial charge in [0.25, 0.3) is 0 Å². The lowest BCUT2D eigenvalue weighted by Crippen LogP contribution is -2.50. The Morgan fingerprint density at radius 3 is 2.95 bits per heavy atom. The molecule has 0 radical (unpaired) electrons. The maximum atomic E-state index is 12.5. The normalized spacial score (nSPS) is 29.6. The summed E-state index contributed by atoms with van der Waals surface area (Å²) in [5, 5.41) is 3.09. The Morgan fingerprint density at radius 2 is 2.29 bits per heavy atom. The van der Waals surface area contributed by atoms with Gasteiger partial charge in [0.15, 0.2) is 0 Å². The topological polar surface area (TPSA) is 49.4 Å². The molecule has 2 aliphatic heterocycles. The van der Waals surface area contributed by atoms with Crippen molar-refractivity contribution in [3.05, 3.63) is 0 Å². The van der Waals surface area contributed by atoms with Gasteiger partial charge in [-0.05, 0) is 25.7 Å². The van der Waals surface area contributed by atoms with Gasteiger partial charge in [-0.3, -0.25) is 9.59 Å². The summed E-state index contributed by atoms with van der Waals surface area (Å²) in [6.07, 6.45) is 6.14. The number of carbonyl (C=O) groups excluding carboxylic acids is 2. The Kier molecular flexibility index (Phi) is 5.58. The van der Waals surface area contributed by atoms with Crippen LogP contribution in [-0.2, 0) is 9.59 Å². The van der Waals surface area contributed by atoms with Crippen LogP contribution in [0.5, 0.6) is 0 Å². The number of carbonyl (C=O) groups is 2. The molecule has 5 heteroatoms. The van der Waals surface area contributed by atoms with Gasteiger partial charge in [0.1, 0.15) is 6.04 Å². The van der Waals surface area contributed by atoms with Gasteiger partial charge in [-0.2, -0.15) is 0 Å². The molecule has 2 aliphatic rings. The first-order chi connectivity index (χ1) is 10.0. The molecule has 2 amide bonds. The minimum atomic E-state index is -0.265. The standard InChI is InChI=1S/C16H28N2O2S/c1-4-6-7-12(5-2)10-17-15(20)13-11-21-16(3)9-8-14(19)18(13)16/h12-13H,4-11H2,1-3H3,(H,17,20). The monoisotopic (exact) mass is 312 g/mol. The molecule has 120 valence electrons. The third kappa shape index (κ3) is 3.55. The average Bonchev–Trinajstić information content (AvgIpc) is 2.96. The van der Waals surface area contributed by atoms with Crippen molar-refractivity contribution in [3.8, 4) is 0 Å². The van der Waals surface area contributed by atoms with E-state index in [0.29, 0.717) is 12.3 Å². The highest BCUT2D eigenvalue weighted by Gasteiger charge is 2.52. The highest BCUT2D eigenvalue weighted by atomic mass is 32.2. The van der Waals surface area contributed by atoms with E-state index in [0.717, 1.165) is 25.1 Å². The van der Waals surface area contributed by atoms with Crippen molar-refractivity contribution in [2.75, 3.05) is 12.3 Å². The molecule has 21 heavy (non-hydrogen) atoms. The molecule has 2 heterocycles. The highest BCUT2D eigenvalue weighted by molar-refractivity contribution is 8.01. The van der Waals surface area contributed by atoms with Crippen LogP contribution in [0.1, 0.15) is 59.3 Å². The van der Waals surface area contributed by atoms with Gasteiger partial charge in [-0.1, -0.05) is 33.1 Å². The fourth-order valence-electron chi connectivity index (χ4n) is 3.32. The van der Waals surface area contributed by atoms with E-state index in [2.05, 4.69) is 26.1 Å².